The van der Waals surface area contributed by atoms with E-state index in [9.17, 15) is 9.59 Å². The van der Waals surface area contributed by atoms with Crippen LogP contribution in [0.25, 0.3) is 0 Å². The van der Waals surface area contributed by atoms with Gasteiger partial charge in [-0.2, -0.15) is 5.10 Å². The van der Waals surface area contributed by atoms with Crippen molar-refractivity contribution < 1.29 is 9.59 Å². The lowest BCUT2D eigenvalue weighted by molar-refractivity contribution is 0.0635. The predicted octanol–water partition coefficient (Wildman–Crippen LogP) is 2.63. The number of fused-ring (bicyclic) bond motifs is 1. The summed E-state index contributed by atoms with van der Waals surface area (Å²) in [6.07, 6.45) is 4.15. The molecule has 1 aromatic heterocycles. The molecule has 2 amide bonds. The molecule has 0 aliphatic carbocycles. The number of nitrogens with one attached hydrogen (secondary N) is 3. The SMILES string of the molecule is Cc1cc(C(=O)N2CCCCC2C)ccc1NC(=O)c1n[nH]c2c1CNCC2. The van der Waals surface area contributed by atoms with Gasteiger partial charge >= 0.3 is 0 Å². The summed E-state index contributed by atoms with van der Waals surface area (Å²) in [5, 5.41) is 13.4. The van der Waals surface area contributed by atoms with E-state index in [1.54, 1.807) is 6.07 Å². The van der Waals surface area contributed by atoms with Gasteiger partial charge in [-0.05, 0) is 56.9 Å². The maximum Gasteiger partial charge on any atom is 0.276 e. The Hall–Kier alpha value is -2.67. The minimum atomic E-state index is -0.229. The monoisotopic (exact) mass is 381 g/mol. The fourth-order valence-electron chi connectivity index (χ4n) is 4.10. The van der Waals surface area contributed by atoms with E-state index in [1.165, 1.54) is 6.42 Å². The molecule has 0 spiro atoms. The molecule has 1 fully saturated rings. The number of carbonyl (C=O) groups is 2. The van der Waals surface area contributed by atoms with Gasteiger partial charge in [0.25, 0.3) is 11.8 Å². The third-order valence-corrected chi connectivity index (χ3v) is 5.81. The molecule has 1 atom stereocenters. The van der Waals surface area contributed by atoms with Crippen molar-refractivity contribution in [3.8, 4) is 0 Å². The Morgan fingerprint density at radius 3 is 2.93 bits per heavy atom. The number of amides is 2. The van der Waals surface area contributed by atoms with Crippen LogP contribution >= 0.6 is 0 Å². The van der Waals surface area contributed by atoms with Crippen LogP contribution in [0.1, 0.15) is 63.9 Å². The van der Waals surface area contributed by atoms with Gasteiger partial charge < -0.3 is 15.5 Å². The van der Waals surface area contributed by atoms with Crippen LogP contribution in [-0.2, 0) is 13.0 Å². The van der Waals surface area contributed by atoms with Crippen LogP contribution in [-0.4, -0.2) is 46.0 Å². The second-order valence-corrected chi connectivity index (χ2v) is 7.78. The number of carbonyl (C=O) groups excluding carboxylic acids is 2. The highest BCUT2D eigenvalue weighted by atomic mass is 16.2. The van der Waals surface area contributed by atoms with Gasteiger partial charge in [0.1, 0.15) is 0 Å². The van der Waals surface area contributed by atoms with Crippen molar-refractivity contribution >= 4 is 17.5 Å². The topological polar surface area (TPSA) is 90.1 Å². The van der Waals surface area contributed by atoms with Crippen LogP contribution in [0.4, 0.5) is 5.69 Å². The zero-order valence-electron chi connectivity index (χ0n) is 16.5. The zero-order chi connectivity index (χ0) is 19.7. The third-order valence-electron chi connectivity index (χ3n) is 5.81. The van der Waals surface area contributed by atoms with E-state index in [0.717, 1.165) is 49.2 Å². The van der Waals surface area contributed by atoms with E-state index in [2.05, 4.69) is 27.8 Å². The minimum Gasteiger partial charge on any atom is -0.336 e. The first-order valence-corrected chi connectivity index (χ1v) is 10.0. The first-order valence-electron chi connectivity index (χ1n) is 10.0. The third kappa shape index (κ3) is 3.54. The smallest absolute Gasteiger partial charge is 0.276 e. The van der Waals surface area contributed by atoms with Gasteiger partial charge in [0.05, 0.1) is 0 Å². The number of benzene rings is 1. The summed E-state index contributed by atoms with van der Waals surface area (Å²) < 4.78 is 0. The highest BCUT2D eigenvalue weighted by Crippen LogP contribution is 2.23. The molecule has 2 aromatic rings. The largest absolute Gasteiger partial charge is 0.336 e. The van der Waals surface area contributed by atoms with E-state index in [4.69, 9.17) is 0 Å². The van der Waals surface area contributed by atoms with E-state index < -0.39 is 0 Å². The molecule has 7 heteroatoms. The van der Waals surface area contributed by atoms with Crippen LogP contribution in [0.5, 0.6) is 0 Å². The Morgan fingerprint density at radius 2 is 2.14 bits per heavy atom. The van der Waals surface area contributed by atoms with Crippen molar-refractivity contribution in [2.24, 2.45) is 0 Å². The normalized spacial score (nSPS) is 19.2. The summed E-state index contributed by atoms with van der Waals surface area (Å²) in [6, 6.07) is 5.75. The van der Waals surface area contributed by atoms with Crippen molar-refractivity contribution in [3.63, 3.8) is 0 Å². The van der Waals surface area contributed by atoms with Crippen LogP contribution in [0, 0.1) is 6.92 Å². The van der Waals surface area contributed by atoms with Gasteiger partial charge in [-0.25, -0.2) is 0 Å². The molecule has 4 rings (SSSR count). The molecular weight excluding hydrogens is 354 g/mol. The summed E-state index contributed by atoms with van der Waals surface area (Å²) in [5.74, 6) is -0.159. The number of aromatic amines is 1. The van der Waals surface area contributed by atoms with E-state index in [-0.39, 0.29) is 17.9 Å². The van der Waals surface area contributed by atoms with Crippen LogP contribution in [0.15, 0.2) is 18.2 Å². The van der Waals surface area contributed by atoms with Gasteiger partial charge in [0.15, 0.2) is 5.69 Å². The highest BCUT2D eigenvalue weighted by molar-refractivity contribution is 6.05. The highest BCUT2D eigenvalue weighted by Gasteiger charge is 2.25. The Bertz CT molecular complexity index is 904. The molecule has 148 valence electrons. The van der Waals surface area contributed by atoms with E-state index in [1.807, 2.05) is 24.0 Å². The molecule has 0 bridgehead atoms. The summed E-state index contributed by atoms with van der Waals surface area (Å²) in [4.78, 5) is 27.5. The van der Waals surface area contributed by atoms with Gasteiger partial charge in [-0.15, -0.1) is 0 Å². The lowest BCUT2D eigenvalue weighted by atomic mass is 10.0. The molecule has 1 aromatic carbocycles. The number of anilines is 1. The number of H-pyrrole nitrogens is 1. The predicted molar refractivity (Wildman–Crippen MR) is 107 cm³/mol. The zero-order valence-corrected chi connectivity index (χ0v) is 16.5. The molecule has 3 N–H and O–H groups in total. The fraction of sp³-hybridized carbons (Fsp3) is 0.476. The molecule has 2 aliphatic heterocycles. The lowest BCUT2D eigenvalue weighted by Crippen LogP contribution is -2.42. The summed E-state index contributed by atoms with van der Waals surface area (Å²) in [5.41, 5.74) is 4.64. The molecule has 3 heterocycles. The summed E-state index contributed by atoms with van der Waals surface area (Å²) in [7, 11) is 0. The van der Waals surface area contributed by atoms with Gasteiger partial charge in [-0.3, -0.25) is 14.7 Å². The van der Waals surface area contributed by atoms with Crippen molar-refractivity contribution in [1.29, 1.82) is 0 Å². The maximum atomic E-state index is 12.9. The van der Waals surface area contributed by atoms with Crippen molar-refractivity contribution in [3.05, 3.63) is 46.3 Å². The molecule has 0 radical (unpaired) electrons. The molecule has 1 unspecified atom stereocenters. The number of aryl methyl sites for hydroxylation is 1. The van der Waals surface area contributed by atoms with Crippen LogP contribution < -0.4 is 10.6 Å². The van der Waals surface area contributed by atoms with Crippen molar-refractivity contribution in [1.82, 2.24) is 20.4 Å². The van der Waals surface area contributed by atoms with Gasteiger partial charge in [0, 0.05) is 54.6 Å². The number of rotatable bonds is 3. The Morgan fingerprint density at radius 1 is 1.29 bits per heavy atom. The average molecular weight is 381 g/mol. The first-order chi connectivity index (χ1) is 13.5. The number of nitrogens with zero attached hydrogens (tertiary/aromatic N) is 2. The second-order valence-electron chi connectivity index (χ2n) is 7.78. The minimum absolute atomic E-state index is 0.0700. The van der Waals surface area contributed by atoms with Crippen molar-refractivity contribution in [2.75, 3.05) is 18.4 Å². The van der Waals surface area contributed by atoms with Gasteiger partial charge in [-0.1, -0.05) is 0 Å². The van der Waals surface area contributed by atoms with Crippen LogP contribution in [0.3, 0.4) is 0 Å². The summed E-state index contributed by atoms with van der Waals surface area (Å²) >= 11 is 0. The quantitative estimate of drug-likeness (QED) is 0.762. The Balaban J connectivity index is 1.49. The van der Waals surface area contributed by atoms with Crippen LogP contribution in [0.2, 0.25) is 0 Å². The maximum absolute atomic E-state index is 12.9. The Kier molecular flexibility index (Phi) is 5.17. The number of likely N-dealkylation sites (tertiary alicyclic amines) is 1. The lowest BCUT2D eigenvalue weighted by Gasteiger charge is -2.33. The van der Waals surface area contributed by atoms with E-state index in [0.29, 0.717) is 23.5 Å². The number of piperidine rings is 1. The number of hydrogen-bond donors (Lipinski definition) is 3. The molecule has 1 saturated heterocycles. The second kappa shape index (κ2) is 7.75. The molecule has 2 aliphatic rings. The average Bonchev–Trinajstić information content (AvgIpc) is 3.13. The van der Waals surface area contributed by atoms with Gasteiger partial charge in [0.2, 0.25) is 0 Å². The molecule has 7 nitrogen and oxygen atoms in total. The van der Waals surface area contributed by atoms with E-state index >= 15 is 0 Å². The number of aromatic nitrogens is 2. The molecule has 0 saturated carbocycles. The molecular formula is C21H27N5O2. The van der Waals surface area contributed by atoms with Crippen molar-refractivity contribution in [2.45, 2.75) is 52.1 Å². The molecule has 28 heavy (non-hydrogen) atoms. The number of hydrogen-bond acceptors (Lipinski definition) is 4. The fourth-order valence-corrected chi connectivity index (χ4v) is 4.10. The Labute approximate surface area is 164 Å². The standard InChI is InChI=1S/C21H27N5O2/c1-13-11-15(21(28)26-10-4-3-5-14(26)2)6-7-17(13)23-20(27)19-16-12-22-9-8-18(16)24-25-19/h6-7,11,14,22H,3-5,8-10,12H2,1-2H3,(H,23,27)(H,24,25). The summed E-state index contributed by atoms with van der Waals surface area (Å²) in [6.45, 7) is 6.37. The first kappa shape index (κ1) is 18.7.